The molecule has 2 saturated heterocycles. The van der Waals surface area contributed by atoms with Crippen LogP contribution in [0.3, 0.4) is 0 Å². The topological polar surface area (TPSA) is 38.8 Å². The fraction of sp³-hybridized carbons (Fsp3) is 0.682. The van der Waals surface area contributed by atoms with Crippen LogP contribution >= 0.6 is 0 Å². The van der Waals surface area contributed by atoms with Gasteiger partial charge in [-0.2, -0.15) is 0 Å². The minimum atomic E-state index is 0.175. The molecule has 1 aliphatic carbocycles. The zero-order valence-electron chi connectivity index (χ0n) is 16.5. The van der Waals surface area contributed by atoms with Crippen molar-refractivity contribution in [3.63, 3.8) is 0 Å². The van der Waals surface area contributed by atoms with Gasteiger partial charge in [0, 0.05) is 57.0 Å². The fourth-order valence-electron chi connectivity index (χ4n) is 4.93. The first-order valence-corrected chi connectivity index (χ1v) is 10.9. The minimum absolute atomic E-state index is 0.175. The van der Waals surface area contributed by atoms with Crippen molar-refractivity contribution in [1.29, 1.82) is 0 Å². The van der Waals surface area contributed by atoms with E-state index in [0.29, 0.717) is 12.1 Å². The Morgan fingerprint density at radius 3 is 2.33 bits per heavy atom. The Labute approximate surface area is 163 Å². The van der Waals surface area contributed by atoms with Crippen molar-refractivity contribution in [2.45, 2.75) is 57.0 Å². The Morgan fingerprint density at radius 1 is 0.852 bits per heavy atom. The third kappa shape index (κ3) is 4.75. The van der Waals surface area contributed by atoms with Gasteiger partial charge in [-0.05, 0) is 37.8 Å². The lowest BCUT2D eigenvalue weighted by atomic mass is 9.95. The van der Waals surface area contributed by atoms with Gasteiger partial charge >= 0.3 is 6.03 Å². The van der Waals surface area contributed by atoms with E-state index in [2.05, 4.69) is 50.3 Å². The summed E-state index contributed by atoms with van der Waals surface area (Å²) in [6.45, 7) is 6.15. The van der Waals surface area contributed by atoms with Crippen LogP contribution in [-0.2, 0) is 0 Å². The average molecular weight is 371 g/mol. The van der Waals surface area contributed by atoms with Crippen molar-refractivity contribution >= 4 is 11.7 Å². The van der Waals surface area contributed by atoms with Crippen LogP contribution in [0.5, 0.6) is 0 Å². The SMILES string of the molecule is O=C(NC1CCCCC1)N1CCCC(N2CCN(c3ccccc3)CC2)C1. The summed E-state index contributed by atoms with van der Waals surface area (Å²) in [5.41, 5.74) is 1.33. The number of amides is 2. The second-order valence-corrected chi connectivity index (χ2v) is 8.39. The molecule has 1 saturated carbocycles. The Morgan fingerprint density at radius 2 is 1.59 bits per heavy atom. The Balaban J connectivity index is 1.26. The molecule has 3 fully saturated rings. The zero-order valence-corrected chi connectivity index (χ0v) is 16.5. The molecule has 2 heterocycles. The van der Waals surface area contributed by atoms with E-state index in [0.717, 1.165) is 58.5 Å². The molecule has 1 aromatic rings. The maximum atomic E-state index is 12.7. The number of nitrogens with zero attached hydrogens (tertiary/aromatic N) is 3. The summed E-state index contributed by atoms with van der Waals surface area (Å²) in [4.78, 5) is 19.9. The molecule has 2 amide bonds. The molecule has 27 heavy (non-hydrogen) atoms. The van der Waals surface area contributed by atoms with E-state index in [9.17, 15) is 4.79 Å². The number of anilines is 1. The van der Waals surface area contributed by atoms with Crippen LogP contribution in [-0.4, -0.2) is 67.2 Å². The normalized spacial score (nSPS) is 25.4. The lowest BCUT2D eigenvalue weighted by Crippen LogP contribution is -2.57. The van der Waals surface area contributed by atoms with E-state index in [1.807, 2.05) is 0 Å². The number of carbonyl (C=O) groups is 1. The van der Waals surface area contributed by atoms with E-state index in [-0.39, 0.29) is 6.03 Å². The van der Waals surface area contributed by atoms with E-state index >= 15 is 0 Å². The molecule has 1 aromatic carbocycles. The number of rotatable bonds is 3. The Hall–Kier alpha value is -1.75. The molecule has 1 unspecified atom stereocenters. The number of likely N-dealkylation sites (tertiary alicyclic amines) is 1. The standard InChI is InChI=1S/C22H34N4O/c27-22(23-19-8-3-1-4-9-19)26-13-7-12-21(18-26)25-16-14-24(15-17-25)20-10-5-2-6-11-20/h2,5-6,10-11,19,21H,1,3-4,7-9,12-18H2,(H,23,27). The first-order valence-electron chi connectivity index (χ1n) is 10.9. The van der Waals surface area contributed by atoms with Crippen molar-refractivity contribution in [3.8, 4) is 0 Å². The highest BCUT2D eigenvalue weighted by atomic mass is 16.2. The molecule has 1 atom stereocenters. The summed E-state index contributed by atoms with van der Waals surface area (Å²) in [6.07, 6.45) is 8.51. The van der Waals surface area contributed by atoms with Gasteiger partial charge in [0.2, 0.25) is 0 Å². The van der Waals surface area contributed by atoms with Crippen LogP contribution in [0.25, 0.3) is 0 Å². The lowest BCUT2D eigenvalue weighted by molar-refractivity contribution is 0.102. The van der Waals surface area contributed by atoms with Crippen molar-refractivity contribution in [2.75, 3.05) is 44.2 Å². The van der Waals surface area contributed by atoms with Crippen LogP contribution in [0, 0.1) is 0 Å². The number of piperidine rings is 1. The van der Waals surface area contributed by atoms with E-state index in [1.54, 1.807) is 0 Å². The molecular weight excluding hydrogens is 336 g/mol. The van der Waals surface area contributed by atoms with E-state index in [4.69, 9.17) is 0 Å². The first-order chi connectivity index (χ1) is 13.3. The predicted molar refractivity (Wildman–Crippen MR) is 110 cm³/mol. The number of para-hydroxylation sites is 1. The van der Waals surface area contributed by atoms with Crippen molar-refractivity contribution < 1.29 is 4.79 Å². The summed E-state index contributed by atoms with van der Waals surface area (Å²) in [7, 11) is 0. The van der Waals surface area contributed by atoms with Gasteiger partial charge in [-0.1, -0.05) is 37.5 Å². The number of hydrogen-bond donors (Lipinski definition) is 1. The fourth-order valence-corrected chi connectivity index (χ4v) is 4.93. The third-order valence-corrected chi connectivity index (χ3v) is 6.57. The smallest absolute Gasteiger partial charge is 0.317 e. The van der Waals surface area contributed by atoms with Gasteiger partial charge in [0.25, 0.3) is 0 Å². The molecule has 5 nitrogen and oxygen atoms in total. The molecule has 0 aromatic heterocycles. The largest absolute Gasteiger partial charge is 0.369 e. The maximum Gasteiger partial charge on any atom is 0.317 e. The summed E-state index contributed by atoms with van der Waals surface area (Å²) < 4.78 is 0. The van der Waals surface area contributed by atoms with Crippen LogP contribution in [0.1, 0.15) is 44.9 Å². The molecule has 5 heteroatoms. The van der Waals surface area contributed by atoms with Gasteiger partial charge in [-0.25, -0.2) is 4.79 Å². The molecule has 0 spiro atoms. The molecule has 4 rings (SSSR count). The molecule has 148 valence electrons. The number of benzene rings is 1. The second-order valence-electron chi connectivity index (χ2n) is 8.39. The predicted octanol–water partition coefficient (Wildman–Crippen LogP) is 3.32. The quantitative estimate of drug-likeness (QED) is 0.887. The zero-order chi connectivity index (χ0) is 18.5. The summed E-state index contributed by atoms with van der Waals surface area (Å²) in [5.74, 6) is 0. The number of hydrogen-bond acceptors (Lipinski definition) is 3. The first kappa shape index (κ1) is 18.6. The molecule has 0 radical (unpaired) electrons. The van der Waals surface area contributed by atoms with Gasteiger partial charge in [0.15, 0.2) is 0 Å². The van der Waals surface area contributed by atoms with Crippen molar-refractivity contribution in [3.05, 3.63) is 30.3 Å². The number of piperazine rings is 1. The average Bonchev–Trinajstić information content (AvgIpc) is 2.75. The van der Waals surface area contributed by atoms with Crippen LogP contribution in [0.2, 0.25) is 0 Å². The van der Waals surface area contributed by atoms with Crippen LogP contribution in [0.15, 0.2) is 30.3 Å². The van der Waals surface area contributed by atoms with Crippen molar-refractivity contribution in [2.24, 2.45) is 0 Å². The highest BCUT2D eigenvalue weighted by molar-refractivity contribution is 5.74. The van der Waals surface area contributed by atoms with Gasteiger partial charge in [-0.15, -0.1) is 0 Å². The summed E-state index contributed by atoms with van der Waals surface area (Å²) in [5, 5.41) is 3.30. The van der Waals surface area contributed by atoms with E-state index < -0.39 is 0 Å². The number of nitrogens with one attached hydrogen (secondary N) is 1. The minimum Gasteiger partial charge on any atom is -0.369 e. The Bertz CT molecular complexity index is 594. The second kappa shape index (κ2) is 8.96. The summed E-state index contributed by atoms with van der Waals surface area (Å²) in [6, 6.07) is 11.8. The summed E-state index contributed by atoms with van der Waals surface area (Å²) >= 11 is 0. The lowest BCUT2D eigenvalue weighted by Gasteiger charge is -2.44. The number of urea groups is 1. The third-order valence-electron chi connectivity index (χ3n) is 6.57. The molecular formula is C22H34N4O. The number of carbonyl (C=O) groups excluding carboxylic acids is 1. The van der Waals surface area contributed by atoms with Gasteiger partial charge in [0.1, 0.15) is 0 Å². The monoisotopic (exact) mass is 370 g/mol. The maximum absolute atomic E-state index is 12.7. The highest BCUT2D eigenvalue weighted by Gasteiger charge is 2.30. The molecule has 0 bridgehead atoms. The van der Waals surface area contributed by atoms with Crippen LogP contribution in [0.4, 0.5) is 10.5 Å². The molecule has 2 aliphatic heterocycles. The van der Waals surface area contributed by atoms with E-state index in [1.165, 1.54) is 31.4 Å². The van der Waals surface area contributed by atoms with Gasteiger partial charge < -0.3 is 15.1 Å². The molecule has 3 aliphatic rings. The van der Waals surface area contributed by atoms with Crippen LogP contribution < -0.4 is 10.2 Å². The molecule has 1 N–H and O–H groups in total. The van der Waals surface area contributed by atoms with Crippen molar-refractivity contribution in [1.82, 2.24) is 15.1 Å². The van der Waals surface area contributed by atoms with Gasteiger partial charge in [-0.3, -0.25) is 4.90 Å². The Kier molecular flexibility index (Phi) is 6.17. The van der Waals surface area contributed by atoms with Gasteiger partial charge in [0.05, 0.1) is 0 Å². The highest BCUT2D eigenvalue weighted by Crippen LogP contribution is 2.22.